The second-order valence-corrected chi connectivity index (χ2v) is 4.86. The SMILES string of the molecule is O=C(NC1CCCCCC1)C(=O)c1ccccc1. The molecule has 1 fully saturated rings. The molecule has 1 aliphatic rings. The van der Waals surface area contributed by atoms with Gasteiger partial charge < -0.3 is 5.32 Å². The highest BCUT2D eigenvalue weighted by molar-refractivity contribution is 6.42. The largest absolute Gasteiger partial charge is 0.346 e. The first-order valence-electron chi connectivity index (χ1n) is 6.67. The number of benzene rings is 1. The van der Waals surface area contributed by atoms with E-state index in [1.54, 1.807) is 24.3 Å². The maximum atomic E-state index is 11.9. The van der Waals surface area contributed by atoms with Crippen LogP contribution in [-0.2, 0) is 4.79 Å². The fourth-order valence-electron chi connectivity index (χ4n) is 2.40. The van der Waals surface area contributed by atoms with E-state index in [2.05, 4.69) is 5.32 Å². The first-order valence-corrected chi connectivity index (χ1v) is 6.67. The Labute approximate surface area is 108 Å². The zero-order valence-electron chi connectivity index (χ0n) is 10.5. The normalized spacial score (nSPS) is 16.9. The van der Waals surface area contributed by atoms with Crippen LogP contribution in [0.4, 0.5) is 0 Å². The van der Waals surface area contributed by atoms with Gasteiger partial charge in [-0.3, -0.25) is 9.59 Å². The summed E-state index contributed by atoms with van der Waals surface area (Å²) in [6, 6.07) is 8.90. The molecule has 0 bridgehead atoms. The first kappa shape index (κ1) is 12.8. The number of carbonyl (C=O) groups is 2. The third-order valence-corrected chi connectivity index (χ3v) is 3.43. The van der Waals surface area contributed by atoms with Crippen molar-refractivity contribution in [3.8, 4) is 0 Å². The van der Waals surface area contributed by atoms with E-state index in [0.29, 0.717) is 5.56 Å². The molecular formula is C15H19NO2. The van der Waals surface area contributed by atoms with Gasteiger partial charge in [0.2, 0.25) is 5.78 Å². The number of carbonyl (C=O) groups excluding carboxylic acids is 2. The smallest absolute Gasteiger partial charge is 0.292 e. The number of ketones is 1. The molecule has 1 amide bonds. The Balaban J connectivity index is 1.93. The van der Waals surface area contributed by atoms with Gasteiger partial charge in [-0.1, -0.05) is 56.0 Å². The van der Waals surface area contributed by atoms with Crippen LogP contribution in [0, 0.1) is 0 Å². The summed E-state index contributed by atoms with van der Waals surface area (Å²) in [5, 5.41) is 2.87. The molecule has 0 atom stereocenters. The number of hydrogen-bond donors (Lipinski definition) is 1. The molecule has 1 N–H and O–H groups in total. The lowest BCUT2D eigenvalue weighted by Gasteiger charge is -2.15. The highest BCUT2D eigenvalue weighted by Crippen LogP contribution is 2.17. The van der Waals surface area contributed by atoms with Crippen LogP contribution in [0.5, 0.6) is 0 Å². The summed E-state index contributed by atoms with van der Waals surface area (Å²) >= 11 is 0. The number of rotatable bonds is 3. The molecule has 1 aliphatic carbocycles. The molecule has 18 heavy (non-hydrogen) atoms. The monoisotopic (exact) mass is 245 g/mol. The van der Waals surface area contributed by atoms with Gasteiger partial charge in [-0.05, 0) is 12.8 Å². The van der Waals surface area contributed by atoms with Gasteiger partial charge in [0, 0.05) is 11.6 Å². The van der Waals surface area contributed by atoms with Gasteiger partial charge in [-0.15, -0.1) is 0 Å². The summed E-state index contributed by atoms with van der Waals surface area (Å²) in [6.45, 7) is 0. The van der Waals surface area contributed by atoms with Crippen LogP contribution in [0.25, 0.3) is 0 Å². The summed E-state index contributed by atoms with van der Waals surface area (Å²) in [7, 11) is 0. The lowest BCUT2D eigenvalue weighted by Crippen LogP contribution is -2.39. The molecule has 1 aromatic carbocycles. The zero-order chi connectivity index (χ0) is 12.8. The summed E-state index contributed by atoms with van der Waals surface area (Å²) in [4.78, 5) is 23.8. The number of hydrogen-bond acceptors (Lipinski definition) is 2. The van der Waals surface area contributed by atoms with Crippen molar-refractivity contribution in [1.29, 1.82) is 0 Å². The molecule has 0 spiro atoms. The predicted molar refractivity (Wildman–Crippen MR) is 70.4 cm³/mol. The Bertz CT molecular complexity index is 406. The van der Waals surface area contributed by atoms with Crippen molar-refractivity contribution in [2.75, 3.05) is 0 Å². The quantitative estimate of drug-likeness (QED) is 0.505. The fraction of sp³-hybridized carbons (Fsp3) is 0.467. The third kappa shape index (κ3) is 3.42. The van der Waals surface area contributed by atoms with Gasteiger partial charge >= 0.3 is 0 Å². The second-order valence-electron chi connectivity index (χ2n) is 4.86. The van der Waals surface area contributed by atoms with E-state index in [1.807, 2.05) is 6.07 Å². The maximum absolute atomic E-state index is 11.9. The van der Waals surface area contributed by atoms with Crippen molar-refractivity contribution in [3.63, 3.8) is 0 Å². The van der Waals surface area contributed by atoms with E-state index in [0.717, 1.165) is 25.7 Å². The summed E-state index contributed by atoms with van der Waals surface area (Å²) in [5.41, 5.74) is 0.462. The van der Waals surface area contributed by atoms with Gasteiger partial charge in [0.05, 0.1) is 0 Å². The predicted octanol–water partition coefficient (Wildman–Crippen LogP) is 2.71. The summed E-state index contributed by atoms with van der Waals surface area (Å²) < 4.78 is 0. The van der Waals surface area contributed by atoms with E-state index in [-0.39, 0.29) is 6.04 Å². The van der Waals surface area contributed by atoms with Crippen molar-refractivity contribution in [2.24, 2.45) is 0 Å². The Morgan fingerprint density at radius 3 is 2.17 bits per heavy atom. The lowest BCUT2D eigenvalue weighted by molar-refractivity contribution is -0.117. The molecule has 0 heterocycles. The molecule has 0 aromatic heterocycles. The lowest BCUT2D eigenvalue weighted by atomic mass is 10.1. The first-order chi connectivity index (χ1) is 8.77. The molecule has 3 heteroatoms. The third-order valence-electron chi connectivity index (χ3n) is 3.43. The molecular weight excluding hydrogens is 226 g/mol. The fourth-order valence-corrected chi connectivity index (χ4v) is 2.40. The van der Waals surface area contributed by atoms with Crippen molar-refractivity contribution in [3.05, 3.63) is 35.9 Å². The van der Waals surface area contributed by atoms with Gasteiger partial charge in [-0.25, -0.2) is 0 Å². The molecule has 0 aliphatic heterocycles. The standard InChI is InChI=1S/C15H19NO2/c17-14(12-8-4-3-5-9-12)15(18)16-13-10-6-1-2-7-11-13/h3-5,8-9,13H,1-2,6-7,10-11H2,(H,16,18). The average molecular weight is 245 g/mol. The van der Waals surface area contributed by atoms with Crippen molar-refractivity contribution < 1.29 is 9.59 Å². The summed E-state index contributed by atoms with van der Waals surface area (Å²) in [6.07, 6.45) is 6.74. The molecule has 96 valence electrons. The van der Waals surface area contributed by atoms with Crippen LogP contribution in [0.2, 0.25) is 0 Å². The molecule has 3 nitrogen and oxygen atoms in total. The highest BCUT2D eigenvalue weighted by Gasteiger charge is 2.20. The molecule has 1 aromatic rings. The Hall–Kier alpha value is -1.64. The van der Waals surface area contributed by atoms with Crippen molar-refractivity contribution in [1.82, 2.24) is 5.32 Å². The van der Waals surface area contributed by atoms with Crippen LogP contribution >= 0.6 is 0 Å². The van der Waals surface area contributed by atoms with Crippen LogP contribution in [0.3, 0.4) is 0 Å². The van der Waals surface area contributed by atoms with Gasteiger partial charge in [0.25, 0.3) is 5.91 Å². The molecule has 0 unspecified atom stereocenters. The molecule has 0 radical (unpaired) electrons. The Kier molecular flexibility index (Phi) is 4.51. The molecule has 0 saturated heterocycles. The van der Waals surface area contributed by atoms with E-state index in [9.17, 15) is 9.59 Å². The maximum Gasteiger partial charge on any atom is 0.292 e. The van der Waals surface area contributed by atoms with Crippen LogP contribution in [-0.4, -0.2) is 17.7 Å². The minimum absolute atomic E-state index is 0.174. The average Bonchev–Trinajstić information content (AvgIpc) is 2.67. The molecule has 2 rings (SSSR count). The second kappa shape index (κ2) is 6.34. The summed E-state index contributed by atoms with van der Waals surface area (Å²) in [5.74, 6) is -0.895. The Morgan fingerprint density at radius 1 is 0.944 bits per heavy atom. The topological polar surface area (TPSA) is 46.2 Å². The number of Topliss-reactive ketones (excluding diaryl/α,β-unsaturated/α-hetero) is 1. The van der Waals surface area contributed by atoms with E-state index >= 15 is 0 Å². The highest BCUT2D eigenvalue weighted by atomic mass is 16.2. The van der Waals surface area contributed by atoms with Crippen LogP contribution in [0.1, 0.15) is 48.9 Å². The van der Waals surface area contributed by atoms with Gasteiger partial charge in [0.15, 0.2) is 0 Å². The number of amides is 1. The van der Waals surface area contributed by atoms with E-state index in [1.165, 1.54) is 12.8 Å². The minimum atomic E-state index is -0.465. The Morgan fingerprint density at radius 2 is 1.56 bits per heavy atom. The van der Waals surface area contributed by atoms with Crippen LogP contribution < -0.4 is 5.32 Å². The van der Waals surface area contributed by atoms with Crippen molar-refractivity contribution >= 4 is 11.7 Å². The zero-order valence-corrected chi connectivity index (χ0v) is 10.5. The van der Waals surface area contributed by atoms with Gasteiger partial charge in [0.1, 0.15) is 0 Å². The number of nitrogens with one attached hydrogen (secondary N) is 1. The van der Waals surface area contributed by atoms with E-state index in [4.69, 9.17) is 0 Å². The van der Waals surface area contributed by atoms with Gasteiger partial charge in [-0.2, -0.15) is 0 Å². The van der Waals surface area contributed by atoms with Crippen molar-refractivity contribution in [2.45, 2.75) is 44.6 Å². The van der Waals surface area contributed by atoms with E-state index < -0.39 is 11.7 Å². The molecule has 1 saturated carbocycles. The minimum Gasteiger partial charge on any atom is -0.346 e. The van der Waals surface area contributed by atoms with Crippen LogP contribution in [0.15, 0.2) is 30.3 Å².